The second-order valence-electron chi connectivity index (χ2n) is 8.58. The van der Waals surface area contributed by atoms with Gasteiger partial charge in [-0.05, 0) is 45.3 Å². The van der Waals surface area contributed by atoms with Crippen LogP contribution >= 0.6 is 0 Å². The Hall–Kier alpha value is -2.63. The number of fused-ring (bicyclic) bond motifs is 1. The Morgan fingerprint density at radius 2 is 2.09 bits per heavy atom. The standard InChI is InChI=1S/C21H30N8O2S/c1-28(2)10-8-23-21-25-12-16(19-13-24-20-17(26-19)6-7-22-20)18(27-21)11-15-5-4-9-29(14-15)32(3,30)31/h6-7,12-13,15H,4-5,8-11,14H2,1-3H3,(H,22,24)(H,23,25,27)/t15-/m1/s1. The van der Waals surface area contributed by atoms with Crippen LogP contribution in [0.4, 0.5) is 5.95 Å². The number of nitrogens with zero attached hydrogens (tertiary/aromatic N) is 6. The summed E-state index contributed by atoms with van der Waals surface area (Å²) in [7, 11) is 0.833. The summed E-state index contributed by atoms with van der Waals surface area (Å²) in [6.45, 7) is 2.68. The number of H-pyrrole nitrogens is 1. The van der Waals surface area contributed by atoms with Crippen LogP contribution in [-0.2, 0) is 16.4 Å². The molecule has 0 amide bonds. The van der Waals surface area contributed by atoms with Crippen molar-refractivity contribution in [3.05, 3.63) is 30.4 Å². The Balaban J connectivity index is 1.63. The third-order valence-corrected chi connectivity index (χ3v) is 6.95. The Kier molecular flexibility index (Phi) is 6.68. The fourth-order valence-electron chi connectivity index (χ4n) is 3.99. The number of hydrogen-bond donors (Lipinski definition) is 2. The Morgan fingerprint density at radius 3 is 2.88 bits per heavy atom. The Bertz CT molecular complexity index is 1180. The molecule has 1 atom stereocenters. The molecule has 1 fully saturated rings. The highest BCUT2D eigenvalue weighted by molar-refractivity contribution is 7.88. The second kappa shape index (κ2) is 9.47. The molecule has 2 N–H and O–H groups in total. The molecule has 11 heteroatoms. The van der Waals surface area contributed by atoms with Gasteiger partial charge >= 0.3 is 0 Å². The molecule has 1 aliphatic heterocycles. The Morgan fingerprint density at radius 1 is 1.25 bits per heavy atom. The molecule has 10 nitrogen and oxygen atoms in total. The zero-order chi connectivity index (χ0) is 22.7. The van der Waals surface area contributed by atoms with Gasteiger partial charge in [-0.2, -0.15) is 0 Å². The fraction of sp³-hybridized carbons (Fsp3) is 0.524. The number of anilines is 1. The molecular formula is C21H30N8O2S. The van der Waals surface area contributed by atoms with Crippen LogP contribution in [0.5, 0.6) is 0 Å². The van der Waals surface area contributed by atoms with Gasteiger partial charge < -0.3 is 15.2 Å². The summed E-state index contributed by atoms with van der Waals surface area (Å²) in [5, 5.41) is 3.28. The van der Waals surface area contributed by atoms with Gasteiger partial charge in [-0.1, -0.05) is 0 Å². The summed E-state index contributed by atoms with van der Waals surface area (Å²) < 4.78 is 25.7. The van der Waals surface area contributed by atoms with E-state index < -0.39 is 10.0 Å². The first-order valence-corrected chi connectivity index (χ1v) is 12.6. The number of rotatable bonds is 8. The van der Waals surface area contributed by atoms with Crippen LogP contribution in [0.2, 0.25) is 0 Å². The van der Waals surface area contributed by atoms with E-state index in [9.17, 15) is 8.42 Å². The topological polar surface area (TPSA) is 120 Å². The van der Waals surface area contributed by atoms with Crippen LogP contribution in [0.3, 0.4) is 0 Å². The lowest BCUT2D eigenvalue weighted by Gasteiger charge is -2.31. The average Bonchev–Trinajstić information content (AvgIpc) is 3.21. The van der Waals surface area contributed by atoms with E-state index in [1.807, 2.05) is 26.4 Å². The first-order valence-electron chi connectivity index (χ1n) is 10.8. The van der Waals surface area contributed by atoms with E-state index in [0.717, 1.165) is 48.4 Å². The molecule has 32 heavy (non-hydrogen) atoms. The summed E-state index contributed by atoms with van der Waals surface area (Å²) in [5.74, 6) is 0.753. The summed E-state index contributed by atoms with van der Waals surface area (Å²) in [6.07, 6.45) is 9.07. The second-order valence-corrected chi connectivity index (χ2v) is 10.6. The van der Waals surface area contributed by atoms with Crippen LogP contribution in [-0.4, -0.2) is 89.1 Å². The number of aromatic amines is 1. The van der Waals surface area contributed by atoms with Crippen molar-refractivity contribution in [2.45, 2.75) is 19.3 Å². The van der Waals surface area contributed by atoms with Gasteiger partial charge in [0.25, 0.3) is 0 Å². The highest BCUT2D eigenvalue weighted by atomic mass is 32.2. The summed E-state index contributed by atoms with van der Waals surface area (Å²) >= 11 is 0. The van der Waals surface area contributed by atoms with Crippen molar-refractivity contribution in [3.63, 3.8) is 0 Å². The first-order chi connectivity index (χ1) is 15.3. The number of likely N-dealkylation sites (N-methyl/N-ethyl adjacent to an activating group) is 1. The summed E-state index contributed by atoms with van der Waals surface area (Å²) in [6, 6.07) is 1.88. The monoisotopic (exact) mass is 458 g/mol. The lowest BCUT2D eigenvalue weighted by Crippen LogP contribution is -2.40. The van der Waals surface area contributed by atoms with E-state index >= 15 is 0 Å². The largest absolute Gasteiger partial charge is 0.353 e. The molecule has 4 rings (SSSR count). The summed E-state index contributed by atoms with van der Waals surface area (Å²) in [5.41, 5.74) is 3.91. The highest BCUT2D eigenvalue weighted by Crippen LogP contribution is 2.28. The smallest absolute Gasteiger partial charge is 0.222 e. The van der Waals surface area contributed by atoms with Crippen LogP contribution in [0, 0.1) is 5.92 Å². The van der Waals surface area contributed by atoms with E-state index in [0.29, 0.717) is 31.2 Å². The van der Waals surface area contributed by atoms with Crippen molar-refractivity contribution in [1.82, 2.24) is 34.1 Å². The van der Waals surface area contributed by atoms with E-state index in [-0.39, 0.29) is 5.92 Å². The lowest BCUT2D eigenvalue weighted by molar-refractivity contribution is 0.265. The number of sulfonamides is 1. The third kappa shape index (κ3) is 5.40. The van der Waals surface area contributed by atoms with Crippen molar-refractivity contribution >= 4 is 27.1 Å². The normalized spacial score (nSPS) is 17.8. The van der Waals surface area contributed by atoms with Gasteiger partial charge in [-0.3, -0.25) is 0 Å². The summed E-state index contributed by atoms with van der Waals surface area (Å²) in [4.78, 5) is 23.6. The van der Waals surface area contributed by atoms with Crippen molar-refractivity contribution in [3.8, 4) is 11.3 Å². The average molecular weight is 459 g/mol. The maximum atomic E-state index is 12.1. The van der Waals surface area contributed by atoms with E-state index in [1.54, 1.807) is 16.7 Å². The first kappa shape index (κ1) is 22.6. The quantitative estimate of drug-likeness (QED) is 0.522. The van der Waals surface area contributed by atoms with Crippen LogP contribution in [0.15, 0.2) is 24.7 Å². The van der Waals surface area contributed by atoms with Gasteiger partial charge in [-0.25, -0.2) is 32.7 Å². The molecule has 3 aromatic rings. The molecule has 3 aromatic heterocycles. The molecule has 0 unspecified atom stereocenters. The predicted molar refractivity (Wildman–Crippen MR) is 125 cm³/mol. The Labute approximate surface area is 188 Å². The third-order valence-electron chi connectivity index (χ3n) is 5.68. The van der Waals surface area contributed by atoms with Crippen molar-refractivity contribution in [1.29, 1.82) is 0 Å². The van der Waals surface area contributed by atoms with Crippen molar-refractivity contribution < 1.29 is 8.42 Å². The molecule has 0 saturated carbocycles. The van der Waals surface area contributed by atoms with Gasteiger partial charge in [0.05, 0.1) is 23.8 Å². The maximum Gasteiger partial charge on any atom is 0.222 e. The zero-order valence-corrected chi connectivity index (χ0v) is 19.6. The van der Waals surface area contributed by atoms with Crippen molar-refractivity contribution in [2.75, 3.05) is 51.8 Å². The highest BCUT2D eigenvalue weighted by Gasteiger charge is 2.27. The molecule has 0 aromatic carbocycles. The number of nitrogens with one attached hydrogen (secondary N) is 2. The van der Waals surface area contributed by atoms with Crippen molar-refractivity contribution in [2.24, 2.45) is 5.92 Å². The minimum Gasteiger partial charge on any atom is -0.353 e. The molecule has 1 aliphatic rings. The van der Waals surface area contributed by atoms with Crippen LogP contribution < -0.4 is 5.32 Å². The molecule has 1 saturated heterocycles. The van der Waals surface area contributed by atoms with E-state index in [2.05, 4.69) is 25.2 Å². The van der Waals surface area contributed by atoms with Crippen LogP contribution in [0.1, 0.15) is 18.5 Å². The van der Waals surface area contributed by atoms with Crippen LogP contribution in [0.25, 0.3) is 22.4 Å². The van der Waals surface area contributed by atoms with Gasteiger partial charge in [-0.15, -0.1) is 0 Å². The van der Waals surface area contributed by atoms with Gasteiger partial charge in [0, 0.05) is 44.1 Å². The minimum atomic E-state index is -3.20. The molecule has 172 valence electrons. The molecular weight excluding hydrogens is 428 g/mol. The van der Waals surface area contributed by atoms with Gasteiger partial charge in [0.15, 0.2) is 5.65 Å². The molecule has 0 spiro atoms. The predicted octanol–water partition coefficient (Wildman–Crippen LogP) is 1.60. The van der Waals surface area contributed by atoms with E-state index in [4.69, 9.17) is 9.97 Å². The van der Waals surface area contributed by atoms with E-state index in [1.165, 1.54) is 6.26 Å². The molecule has 4 heterocycles. The molecule has 0 aliphatic carbocycles. The lowest BCUT2D eigenvalue weighted by atomic mass is 9.92. The SMILES string of the molecule is CN(C)CCNc1ncc(-c2cnc3[nH]ccc3n2)c(C[C@H]2CCCN(S(C)(=O)=O)C2)n1. The van der Waals surface area contributed by atoms with Gasteiger partial charge in [0.1, 0.15) is 5.52 Å². The minimum absolute atomic E-state index is 0.186. The number of hydrogen-bond acceptors (Lipinski definition) is 8. The molecule has 0 bridgehead atoms. The number of piperidine rings is 1. The zero-order valence-electron chi connectivity index (χ0n) is 18.7. The molecule has 0 radical (unpaired) electrons. The number of aromatic nitrogens is 5. The maximum absolute atomic E-state index is 12.1. The van der Waals surface area contributed by atoms with Gasteiger partial charge in [0.2, 0.25) is 16.0 Å². The fourth-order valence-corrected chi connectivity index (χ4v) is 4.93.